The summed E-state index contributed by atoms with van der Waals surface area (Å²) >= 11 is 0. The van der Waals surface area contributed by atoms with Gasteiger partial charge >= 0.3 is 0 Å². The number of amides is 2. The number of halogens is 2. The lowest BCUT2D eigenvalue weighted by Gasteiger charge is -2.41. The summed E-state index contributed by atoms with van der Waals surface area (Å²) in [5.74, 6) is -1.46. The van der Waals surface area contributed by atoms with Gasteiger partial charge in [0.15, 0.2) is 0 Å². The molecule has 3 aromatic rings. The Hall–Kier alpha value is -3.48. The largest absolute Gasteiger partial charge is 0.348 e. The SMILES string of the molecule is CC(C)(C)N(CC(=O)N1CCn2cccc2C1c1ccccc1F)C(=O)c1ccc(F)cc1. The minimum absolute atomic E-state index is 0.175. The molecule has 33 heavy (non-hydrogen) atoms. The molecule has 1 aliphatic heterocycles. The molecular formula is C26H27F2N3O2. The molecule has 7 heteroatoms. The lowest BCUT2D eigenvalue weighted by atomic mass is 9.98. The van der Waals surface area contributed by atoms with E-state index in [4.69, 9.17) is 0 Å². The van der Waals surface area contributed by atoms with Gasteiger partial charge in [-0.1, -0.05) is 18.2 Å². The van der Waals surface area contributed by atoms with E-state index in [0.717, 1.165) is 5.69 Å². The minimum atomic E-state index is -0.662. The zero-order chi connectivity index (χ0) is 23.8. The molecule has 0 bridgehead atoms. The van der Waals surface area contributed by atoms with E-state index in [1.54, 1.807) is 23.1 Å². The fourth-order valence-electron chi connectivity index (χ4n) is 4.26. The van der Waals surface area contributed by atoms with Crippen LogP contribution in [0.4, 0.5) is 8.78 Å². The van der Waals surface area contributed by atoms with E-state index < -0.39 is 17.4 Å². The second kappa shape index (κ2) is 8.81. The Bertz CT molecular complexity index is 1160. The van der Waals surface area contributed by atoms with E-state index in [1.807, 2.05) is 43.7 Å². The van der Waals surface area contributed by atoms with Crippen molar-refractivity contribution in [3.05, 3.63) is 95.3 Å². The number of hydrogen-bond donors (Lipinski definition) is 0. The average molecular weight is 452 g/mol. The number of carbonyl (C=O) groups excluding carboxylic acids is 2. The van der Waals surface area contributed by atoms with Crippen molar-refractivity contribution >= 4 is 11.8 Å². The van der Waals surface area contributed by atoms with Crippen LogP contribution in [-0.4, -0.2) is 44.8 Å². The zero-order valence-electron chi connectivity index (χ0n) is 19.0. The lowest BCUT2D eigenvalue weighted by Crippen LogP contribution is -2.53. The van der Waals surface area contributed by atoms with Crippen LogP contribution in [0.15, 0.2) is 66.9 Å². The number of aromatic nitrogens is 1. The third-order valence-corrected chi connectivity index (χ3v) is 6.00. The fourth-order valence-corrected chi connectivity index (χ4v) is 4.26. The highest BCUT2D eigenvalue weighted by Gasteiger charge is 2.37. The Labute approximate surface area is 192 Å². The van der Waals surface area contributed by atoms with Gasteiger partial charge in [0.1, 0.15) is 24.2 Å². The molecule has 4 rings (SSSR count). The maximum atomic E-state index is 14.8. The summed E-state index contributed by atoms with van der Waals surface area (Å²) < 4.78 is 30.2. The van der Waals surface area contributed by atoms with Crippen molar-refractivity contribution in [2.75, 3.05) is 13.1 Å². The van der Waals surface area contributed by atoms with Gasteiger partial charge in [0, 0.05) is 41.6 Å². The molecule has 0 spiro atoms. The van der Waals surface area contributed by atoms with E-state index in [0.29, 0.717) is 24.2 Å². The number of benzene rings is 2. The van der Waals surface area contributed by atoms with Crippen molar-refractivity contribution in [3.8, 4) is 0 Å². The molecule has 2 amide bonds. The summed E-state index contributed by atoms with van der Waals surface area (Å²) in [7, 11) is 0. The predicted octanol–water partition coefficient (Wildman–Crippen LogP) is 4.64. The van der Waals surface area contributed by atoms with Gasteiger partial charge in [-0.15, -0.1) is 0 Å². The van der Waals surface area contributed by atoms with Crippen molar-refractivity contribution < 1.29 is 18.4 Å². The van der Waals surface area contributed by atoms with Crippen LogP contribution in [0.5, 0.6) is 0 Å². The smallest absolute Gasteiger partial charge is 0.254 e. The zero-order valence-corrected chi connectivity index (χ0v) is 19.0. The normalized spacial score (nSPS) is 15.8. The molecule has 2 heterocycles. The van der Waals surface area contributed by atoms with Crippen LogP contribution in [0.25, 0.3) is 0 Å². The first-order chi connectivity index (χ1) is 15.7. The maximum absolute atomic E-state index is 14.8. The van der Waals surface area contributed by atoms with Gasteiger partial charge in [0.25, 0.3) is 5.91 Å². The second-order valence-corrected chi connectivity index (χ2v) is 9.21. The summed E-state index contributed by atoms with van der Waals surface area (Å²) in [6.45, 7) is 6.33. The monoisotopic (exact) mass is 451 g/mol. The Morgan fingerprint density at radius 3 is 2.33 bits per heavy atom. The molecule has 1 aromatic heterocycles. The van der Waals surface area contributed by atoms with Gasteiger partial charge in [0.05, 0.1) is 0 Å². The number of carbonyl (C=O) groups is 2. The standard InChI is InChI=1S/C26H27F2N3O2/c1-26(2,3)31(25(33)18-10-12-19(27)13-11-18)17-23(32)30-16-15-29-14-6-9-22(29)24(30)20-7-4-5-8-21(20)28/h4-14,24H,15-17H2,1-3H3. The second-order valence-electron chi connectivity index (χ2n) is 9.21. The summed E-state index contributed by atoms with van der Waals surface area (Å²) in [5.41, 5.74) is 0.881. The Morgan fingerprint density at radius 1 is 0.970 bits per heavy atom. The number of fused-ring (bicyclic) bond motifs is 1. The molecule has 1 unspecified atom stereocenters. The predicted molar refractivity (Wildman–Crippen MR) is 122 cm³/mol. The van der Waals surface area contributed by atoms with Crippen LogP contribution in [0.2, 0.25) is 0 Å². The van der Waals surface area contributed by atoms with Crippen molar-refractivity contribution in [2.45, 2.75) is 38.9 Å². The van der Waals surface area contributed by atoms with E-state index >= 15 is 0 Å². The molecule has 1 aliphatic rings. The number of hydrogen-bond acceptors (Lipinski definition) is 2. The Balaban J connectivity index is 1.66. The van der Waals surface area contributed by atoms with E-state index in [-0.39, 0.29) is 24.2 Å². The molecule has 2 aromatic carbocycles. The first-order valence-electron chi connectivity index (χ1n) is 10.9. The van der Waals surface area contributed by atoms with Crippen LogP contribution in [-0.2, 0) is 11.3 Å². The van der Waals surface area contributed by atoms with Crippen molar-refractivity contribution in [1.82, 2.24) is 14.4 Å². The van der Waals surface area contributed by atoms with Crippen molar-refractivity contribution in [3.63, 3.8) is 0 Å². The van der Waals surface area contributed by atoms with E-state index in [1.165, 1.54) is 35.2 Å². The lowest BCUT2D eigenvalue weighted by molar-refractivity contribution is -0.135. The molecular weight excluding hydrogens is 424 g/mol. The van der Waals surface area contributed by atoms with Gasteiger partial charge in [-0.25, -0.2) is 8.78 Å². The van der Waals surface area contributed by atoms with Crippen LogP contribution < -0.4 is 0 Å². The Morgan fingerprint density at radius 2 is 1.67 bits per heavy atom. The summed E-state index contributed by atoms with van der Waals surface area (Å²) in [6, 6.07) is 14.9. The summed E-state index contributed by atoms with van der Waals surface area (Å²) in [5, 5.41) is 0. The first-order valence-corrected chi connectivity index (χ1v) is 10.9. The minimum Gasteiger partial charge on any atom is -0.348 e. The highest BCUT2D eigenvalue weighted by molar-refractivity contribution is 5.97. The quantitative estimate of drug-likeness (QED) is 0.580. The van der Waals surface area contributed by atoms with Crippen LogP contribution in [0.3, 0.4) is 0 Å². The highest BCUT2D eigenvalue weighted by atomic mass is 19.1. The molecule has 5 nitrogen and oxygen atoms in total. The van der Waals surface area contributed by atoms with Gasteiger partial charge in [0.2, 0.25) is 5.91 Å². The number of nitrogens with zero attached hydrogens (tertiary/aromatic N) is 3. The van der Waals surface area contributed by atoms with E-state index in [2.05, 4.69) is 0 Å². The summed E-state index contributed by atoms with van der Waals surface area (Å²) in [4.78, 5) is 30.0. The van der Waals surface area contributed by atoms with Gasteiger partial charge < -0.3 is 14.4 Å². The van der Waals surface area contributed by atoms with Gasteiger partial charge in [-0.3, -0.25) is 9.59 Å². The maximum Gasteiger partial charge on any atom is 0.254 e. The number of rotatable bonds is 4. The molecule has 1 atom stereocenters. The first kappa shape index (κ1) is 22.7. The molecule has 0 radical (unpaired) electrons. The molecule has 0 fully saturated rings. The van der Waals surface area contributed by atoms with Crippen molar-refractivity contribution in [2.24, 2.45) is 0 Å². The summed E-state index contributed by atoms with van der Waals surface area (Å²) in [6.07, 6.45) is 1.92. The van der Waals surface area contributed by atoms with Gasteiger partial charge in [-0.05, 0) is 63.2 Å². The highest BCUT2D eigenvalue weighted by Crippen LogP contribution is 2.34. The average Bonchev–Trinajstić information content (AvgIpc) is 3.25. The third-order valence-electron chi connectivity index (χ3n) is 6.00. The third kappa shape index (κ3) is 4.53. The molecule has 0 aliphatic carbocycles. The van der Waals surface area contributed by atoms with Crippen LogP contribution >= 0.6 is 0 Å². The molecule has 0 N–H and O–H groups in total. The Kier molecular flexibility index (Phi) is 6.06. The fraction of sp³-hybridized carbons (Fsp3) is 0.308. The van der Waals surface area contributed by atoms with Gasteiger partial charge in [-0.2, -0.15) is 0 Å². The molecule has 172 valence electrons. The van der Waals surface area contributed by atoms with Crippen LogP contribution in [0, 0.1) is 11.6 Å². The van der Waals surface area contributed by atoms with Crippen molar-refractivity contribution in [1.29, 1.82) is 0 Å². The van der Waals surface area contributed by atoms with Crippen LogP contribution in [0.1, 0.15) is 48.4 Å². The van der Waals surface area contributed by atoms with E-state index in [9.17, 15) is 18.4 Å². The topological polar surface area (TPSA) is 45.6 Å². The molecule has 0 saturated carbocycles. The molecule has 0 saturated heterocycles.